The van der Waals surface area contributed by atoms with E-state index in [0.29, 0.717) is 16.5 Å². The predicted octanol–water partition coefficient (Wildman–Crippen LogP) is 3.85. The second-order valence-corrected chi connectivity index (χ2v) is 5.88. The first-order valence-electron chi connectivity index (χ1n) is 6.55. The first kappa shape index (κ1) is 15.7. The molecule has 0 N–H and O–H groups in total. The van der Waals surface area contributed by atoms with Crippen molar-refractivity contribution < 1.29 is 14.3 Å². The molecule has 5 nitrogen and oxygen atoms in total. The van der Waals surface area contributed by atoms with Crippen LogP contribution in [0.5, 0.6) is 5.75 Å². The van der Waals surface area contributed by atoms with Gasteiger partial charge in [0.15, 0.2) is 5.70 Å². The van der Waals surface area contributed by atoms with Gasteiger partial charge in [-0.1, -0.05) is 17.7 Å². The lowest BCUT2D eigenvalue weighted by molar-refractivity contribution is -0.129. The first-order chi connectivity index (χ1) is 11.1. The van der Waals surface area contributed by atoms with Gasteiger partial charge >= 0.3 is 5.97 Å². The Labute approximate surface area is 145 Å². The maximum Gasteiger partial charge on any atom is 0.363 e. The molecule has 1 aliphatic rings. The van der Waals surface area contributed by atoms with Crippen LogP contribution in [0.4, 0.5) is 0 Å². The third-order valence-corrected chi connectivity index (χ3v) is 3.90. The fraction of sp³-hybridized carbons (Fsp3) is 0.0625. The summed E-state index contributed by atoms with van der Waals surface area (Å²) < 4.78 is 11.1. The van der Waals surface area contributed by atoms with Crippen molar-refractivity contribution in [1.82, 2.24) is 4.98 Å². The fourth-order valence-electron chi connectivity index (χ4n) is 1.97. The Hall–Kier alpha value is -2.18. The van der Waals surface area contributed by atoms with Crippen molar-refractivity contribution in [2.24, 2.45) is 4.99 Å². The first-order valence-corrected chi connectivity index (χ1v) is 7.72. The monoisotopic (exact) mass is 392 g/mol. The molecule has 0 bridgehead atoms. The minimum Gasteiger partial charge on any atom is -0.496 e. The molecule has 0 saturated carbocycles. The van der Waals surface area contributed by atoms with E-state index >= 15 is 0 Å². The van der Waals surface area contributed by atoms with Gasteiger partial charge in [0.1, 0.15) is 11.4 Å². The van der Waals surface area contributed by atoms with Crippen LogP contribution in [0.2, 0.25) is 5.02 Å². The zero-order chi connectivity index (χ0) is 16.4. The minimum atomic E-state index is -0.534. The molecule has 1 aromatic heterocycles. The molecular weight excluding hydrogens is 384 g/mol. The molecule has 3 rings (SSSR count). The summed E-state index contributed by atoms with van der Waals surface area (Å²) in [6.45, 7) is 0. The Morgan fingerprint density at radius 2 is 2.13 bits per heavy atom. The van der Waals surface area contributed by atoms with Gasteiger partial charge in [0, 0.05) is 11.2 Å². The van der Waals surface area contributed by atoms with Gasteiger partial charge in [-0.25, -0.2) is 9.79 Å². The summed E-state index contributed by atoms with van der Waals surface area (Å²) in [5.74, 6) is 0.304. The van der Waals surface area contributed by atoms with Crippen molar-refractivity contribution >= 4 is 45.5 Å². The molecule has 0 spiro atoms. The number of rotatable bonds is 3. The van der Waals surface area contributed by atoms with Gasteiger partial charge in [0.25, 0.3) is 0 Å². The number of aromatic nitrogens is 1. The smallest absolute Gasteiger partial charge is 0.363 e. The summed E-state index contributed by atoms with van der Waals surface area (Å²) in [7, 11) is 1.58. The van der Waals surface area contributed by atoms with Crippen molar-refractivity contribution in [3.8, 4) is 5.75 Å². The van der Waals surface area contributed by atoms with Crippen molar-refractivity contribution in [1.29, 1.82) is 0 Å². The average Bonchev–Trinajstić information content (AvgIpc) is 2.89. The second kappa shape index (κ2) is 6.52. The standard InChI is InChI=1S/C16H10BrClN2O3/c1-22-14-3-2-9(6-11(14)17)7-13-16(21)23-15(20-13)12-8-10(18)4-5-19-12/h2-8H,1H3/b13-7-. The number of hydrogen-bond donors (Lipinski definition) is 0. The number of pyridine rings is 1. The van der Waals surface area contributed by atoms with E-state index in [2.05, 4.69) is 25.9 Å². The van der Waals surface area contributed by atoms with Crippen molar-refractivity contribution in [2.45, 2.75) is 0 Å². The number of benzene rings is 1. The maximum absolute atomic E-state index is 12.0. The molecule has 0 saturated heterocycles. The molecule has 23 heavy (non-hydrogen) atoms. The van der Waals surface area contributed by atoms with E-state index in [1.165, 1.54) is 6.20 Å². The zero-order valence-corrected chi connectivity index (χ0v) is 14.3. The van der Waals surface area contributed by atoms with Crippen LogP contribution in [0.25, 0.3) is 6.08 Å². The van der Waals surface area contributed by atoms with Crippen LogP contribution in [0.15, 0.2) is 51.7 Å². The van der Waals surface area contributed by atoms with Crippen molar-refractivity contribution in [3.05, 3.63) is 63.0 Å². The number of cyclic esters (lactones) is 1. The molecule has 1 aromatic carbocycles. The summed E-state index contributed by atoms with van der Waals surface area (Å²) in [5.41, 5.74) is 1.39. The molecular formula is C16H10BrClN2O3. The summed E-state index contributed by atoms with van der Waals surface area (Å²) in [6, 6.07) is 8.65. The Morgan fingerprint density at radius 1 is 1.30 bits per heavy atom. The Balaban J connectivity index is 1.93. The summed E-state index contributed by atoms with van der Waals surface area (Å²) in [4.78, 5) is 20.2. The number of methoxy groups -OCH3 is 1. The highest BCUT2D eigenvalue weighted by atomic mass is 79.9. The highest BCUT2D eigenvalue weighted by Crippen LogP contribution is 2.27. The molecule has 116 valence electrons. The quantitative estimate of drug-likeness (QED) is 0.587. The lowest BCUT2D eigenvalue weighted by Crippen LogP contribution is -2.06. The Morgan fingerprint density at radius 3 is 2.83 bits per heavy atom. The van der Waals surface area contributed by atoms with Crippen molar-refractivity contribution in [3.63, 3.8) is 0 Å². The van der Waals surface area contributed by atoms with Gasteiger partial charge in [0.2, 0.25) is 5.90 Å². The molecule has 0 fully saturated rings. The van der Waals surface area contributed by atoms with E-state index in [-0.39, 0.29) is 11.6 Å². The van der Waals surface area contributed by atoms with Gasteiger partial charge in [-0.15, -0.1) is 0 Å². The molecule has 0 atom stereocenters. The lowest BCUT2D eigenvalue weighted by Gasteiger charge is -2.03. The van der Waals surface area contributed by atoms with Gasteiger partial charge in [0.05, 0.1) is 11.6 Å². The Kier molecular flexibility index (Phi) is 4.45. The lowest BCUT2D eigenvalue weighted by atomic mass is 10.2. The number of hydrogen-bond acceptors (Lipinski definition) is 5. The van der Waals surface area contributed by atoms with E-state index in [1.807, 2.05) is 12.1 Å². The van der Waals surface area contributed by atoms with Gasteiger partial charge in [-0.2, -0.15) is 0 Å². The summed E-state index contributed by atoms with van der Waals surface area (Å²) in [5, 5.41) is 0.491. The molecule has 2 heterocycles. The number of nitrogens with zero attached hydrogens (tertiary/aromatic N) is 2. The number of halogens is 2. The number of esters is 1. The topological polar surface area (TPSA) is 60.8 Å². The van der Waals surface area contributed by atoms with E-state index in [0.717, 1.165) is 10.0 Å². The predicted molar refractivity (Wildman–Crippen MR) is 90.5 cm³/mol. The zero-order valence-electron chi connectivity index (χ0n) is 11.9. The van der Waals surface area contributed by atoms with Crippen molar-refractivity contribution in [2.75, 3.05) is 7.11 Å². The van der Waals surface area contributed by atoms with Gasteiger partial charge in [-0.05, 0) is 51.8 Å². The van der Waals surface area contributed by atoms with Gasteiger partial charge < -0.3 is 9.47 Å². The van der Waals surface area contributed by atoms with Crippen LogP contribution in [0, 0.1) is 0 Å². The van der Waals surface area contributed by atoms with Crippen LogP contribution >= 0.6 is 27.5 Å². The number of carbonyl (C=O) groups excluding carboxylic acids is 1. The van der Waals surface area contributed by atoms with Crippen LogP contribution < -0.4 is 4.74 Å². The van der Waals surface area contributed by atoms with E-state index in [1.54, 1.807) is 31.4 Å². The van der Waals surface area contributed by atoms with Crippen LogP contribution in [0.1, 0.15) is 11.3 Å². The largest absolute Gasteiger partial charge is 0.496 e. The third-order valence-electron chi connectivity index (χ3n) is 3.04. The third kappa shape index (κ3) is 3.43. The average molecular weight is 394 g/mol. The summed E-state index contributed by atoms with van der Waals surface area (Å²) >= 11 is 9.30. The molecule has 0 aliphatic carbocycles. The van der Waals surface area contributed by atoms with Crippen LogP contribution in [0.3, 0.4) is 0 Å². The molecule has 0 unspecified atom stereocenters. The normalized spacial score (nSPS) is 15.5. The Bertz CT molecular complexity index is 849. The minimum absolute atomic E-state index is 0.135. The highest BCUT2D eigenvalue weighted by molar-refractivity contribution is 9.10. The van der Waals surface area contributed by atoms with Crippen LogP contribution in [-0.4, -0.2) is 24.0 Å². The van der Waals surface area contributed by atoms with E-state index in [4.69, 9.17) is 21.1 Å². The van der Waals surface area contributed by atoms with E-state index in [9.17, 15) is 4.79 Å². The van der Waals surface area contributed by atoms with E-state index < -0.39 is 5.97 Å². The molecule has 2 aromatic rings. The molecule has 0 radical (unpaired) electrons. The SMILES string of the molecule is COc1ccc(/C=C2\N=C(c3cc(Cl)ccn3)OC2=O)cc1Br. The number of carbonyl (C=O) groups is 1. The molecule has 7 heteroatoms. The molecule has 1 aliphatic heterocycles. The maximum atomic E-state index is 12.0. The highest BCUT2D eigenvalue weighted by Gasteiger charge is 2.25. The molecule has 0 amide bonds. The fourth-order valence-corrected chi connectivity index (χ4v) is 2.69. The van der Waals surface area contributed by atoms with Gasteiger partial charge in [-0.3, -0.25) is 4.98 Å². The summed E-state index contributed by atoms with van der Waals surface area (Å²) in [6.07, 6.45) is 3.15. The number of aliphatic imine (C=N–C) groups is 1. The number of ether oxygens (including phenoxy) is 2. The van der Waals surface area contributed by atoms with Crippen LogP contribution in [-0.2, 0) is 9.53 Å². The second-order valence-electron chi connectivity index (χ2n) is 4.59.